The summed E-state index contributed by atoms with van der Waals surface area (Å²) in [6.07, 6.45) is 5.57. The van der Waals surface area contributed by atoms with Gasteiger partial charge in [0.1, 0.15) is 0 Å². The van der Waals surface area contributed by atoms with E-state index in [1.165, 1.54) is 0 Å². The van der Waals surface area contributed by atoms with Crippen molar-refractivity contribution in [3.8, 4) is 5.69 Å². The molecule has 0 aromatic carbocycles. The maximum absolute atomic E-state index is 4.32. The SMILES string of the molecule is CNC(C)(C)c1cncn1-c1ccc(C)nc1. The minimum Gasteiger partial charge on any atom is -0.310 e. The van der Waals surface area contributed by atoms with Crippen LogP contribution >= 0.6 is 0 Å². The van der Waals surface area contributed by atoms with Crippen molar-refractivity contribution >= 4 is 0 Å². The van der Waals surface area contributed by atoms with Crippen LogP contribution in [0.2, 0.25) is 0 Å². The highest BCUT2D eigenvalue weighted by atomic mass is 15.1. The van der Waals surface area contributed by atoms with Crippen LogP contribution in [0.1, 0.15) is 25.2 Å². The molecule has 2 aromatic rings. The molecular weight excluding hydrogens is 212 g/mol. The smallest absolute Gasteiger partial charge is 0.0995 e. The lowest BCUT2D eigenvalue weighted by Gasteiger charge is -2.25. The number of aromatic nitrogens is 3. The van der Waals surface area contributed by atoms with Gasteiger partial charge in [0.25, 0.3) is 0 Å². The monoisotopic (exact) mass is 230 g/mol. The van der Waals surface area contributed by atoms with Gasteiger partial charge in [0.05, 0.1) is 35.6 Å². The van der Waals surface area contributed by atoms with Crippen LogP contribution in [-0.2, 0) is 5.54 Å². The fourth-order valence-electron chi connectivity index (χ4n) is 1.69. The Kier molecular flexibility index (Phi) is 2.98. The van der Waals surface area contributed by atoms with E-state index < -0.39 is 0 Å². The molecule has 90 valence electrons. The predicted molar refractivity (Wildman–Crippen MR) is 68.2 cm³/mol. The molecule has 0 atom stereocenters. The van der Waals surface area contributed by atoms with E-state index >= 15 is 0 Å². The first-order chi connectivity index (χ1) is 8.04. The van der Waals surface area contributed by atoms with Gasteiger partial charge in [-0.05, 0) is 40.0 Å². The van der Waals surface area contributed by atoms with Crippen molar-refractivity contribution in [2.45, 2.75) is 26.3 Å². The molecule has 2 rings (SSSR count). The van der Waals surface area contributed by atoms with Gasteiger partial charge in [0, 0.05) is 5.69 Å². The molecule has 0 saturated heterocycles. The second-order valence-electron chi connectivity index (χ2n) is 4.68. The molecule has 1 N–H and O–H groups in total. The Morgan fingerprint density at radius 1 is 1.24 bits per heavy atom. The van der Waals surface area contributed by atoms with Crippen molar-refractivity contribution in [3.05, 3.63) is 42.2 Å². The van der Waals surface area contributed by atoms with Gasteiger partial charge in [-0.25, -0.2) is 4.98 Å². The summed E-state index contributed by atoms with van der Waals surface area (Å²) in [6, 6.07) is 4.06. The van der Waals surface area contributed by atoms with Gasteiger partial charge in [-0.15, -0.1) is 0 Å². The van der Waals surface area contributed by atoms with Gasteiger partial charge < -0.3 is 5.32 Å². The highest BCUT2D eigenvalue weighted by molar-refractivity contribution is 5.33. The Labute approximate surface area is 102 Å². The number of aryl methyl sites for hydroxylation is 1. The summed E-state index contributed by atoms with van der Waals surface area (Å²) in [5.74, 6) is 0. The predicted octanol–water partition coefficient (Wildman–Crippen LogP) is 2.03. The molecule has 17 heavy (non-hydrogen) atoms. The lowest BCUT2D eigenvalue weighted by atomic mass is 10.0. The molecule has 0 spiro atoms. The van der Waals surface area contributed by atoms with Crippen LogP contribution < -0.4 is 5.32 Å². The van der Waals surface area contributed by atoms with Crippen molar-refractivity contribution in [3.63, 3.8) is 0 Å². The second-order valence-corrected chi connectivity index (χ2v) is 4.68. The van der Waals surface area contributed by atoms with Gasteiger partial charge in [0.2, 0.25) is 0 Å². The third-order valence-electron chi connectivity index (χ3n) is 3.08. The minimum absolute atomic E-state index is 0.124. The zero-order valence-corrected chi connectivity index (χ0v) is 10.7. The Hall–Kier alpha value is -1.68. The fraction of sp³-hybridized carbons (Fsp3) is 0.385. The van der Waals surface area contributed by atoms with E-state index in [0.717, 1.165) is 17.1 Å². The molecule has 0 aliphatic carbocycles. The normalized spacial score (nSPS) is 11.8. The number of nitrogens with zero attached hydrogens (tertiary/aromatic N) is 3. The zero-order chi connectivity index (χ0) is 12.5. The number of nitrogens with one attached hydrogen (secondary N) is 1. The van der Waals surface area contributed by atoms with E-state index in [2.05, 4.69) is 39.8 Å². The second kappa shape index (κ2) is 4.30. The van der Waals surface area contributed by atoms with E-state index in [1.54, 1.807) is 0 Å². The largest absolute Gasteiger partial charge is 0.310 e. The van der Waals surface area contributed by atoms with Gasteiger partial charge in [0.15, 0.2) is 0 Å². The van der Waals surface area contributed by atoms with E-state index in [4.69, 9.17) is 0 Å². The Bertz CT molecular complexity index is 496. The van der Waals surface area contributed by atoms with Crippen LogP contribution in [-0.4, -0.2) is 21.6 Å². The topological polar surface area (TPSA) is 42.7 Å². The summed E-state index contributed by atoms with van der Waals surface area (Å²) in [4.78, 5) is 8.55. The summed E-state index contributed by atoms with van der Waals surface area (Å²) < 4.78 is 2.06. The Balaban J connectivity index is 2.47. The van der Waals surface area contributed by atoms with Gasteiger partial charge in [-0.2, -0.15) is 0 Å². The molecule has 0 radical (unpaired) electrons. The summed E-state index contributed by atoms with van der Waals surface area (Å²) in [6.45, 7) is 6.24. The van der Waals surface area contributed by atoms with Crippen LogP contribution in [0.25, 0.3) is 5.69 Å². The molecule has 4 heteroatoms. The molecule has 2 heterocycles. The summed E-state index contributed by atoms with van der Waals surface area (Å²) in [7, 11) is 1.95. The maximum Gasteiger partial charge on any atom is 0.0995 e. The molecular formula is C13H18N4. The van der Waals surface area contributed by atoms with Crippen molar-refractivity contribution in [2.75, 3.05) is 7.05 Å². The van der Waals surface area contributed by atoms with Crippen molar-refractivity contribution in [1.82, 2.24) is 19.9 Å². The minimum atomic E-state index is -0.124. The Morgan fingerprint density at radius 2 is 2.00 bits per heavy atom. The third kappa shape index (κ3) is 2.22. The van der Waals surface area contributed by atoms with E-state index in [0.29, 0.717) is 0 Å². The Morgan fingerprint density at radius 3 is 2.59 bits per heavy atom. The molecule has 4 nitrogen and oxygen atoms in total. The number of imidazole rings is 1. The van der Waals surface area contributed by atoms with Crippen LogP contribution in [0, 0.1) is 6.92 Å². The van der Waals surface area contributed by atoms with Crippen LogP contribution in [0.15, 0.2) is 30.9 Å². The molecule has 2 aromatic heterocycles. The summed E-state index contributed by atoms with van der Waals surface area (Å²) in [5, 5.41) is 3.28. The van der Waals surface area contributed by atoms with E-state index in [1.807, 2.05) is 38.8 Å². The van der Waals surface area contributed by atoms with E-state index in [9.17, 15) is 0 Å². The van der Waals surface area contributed by atoms with Crippen LogP contribution in [0.4, 0.5) is 0 Å². The fourth-order valence-corrected chi connectivity index (χ4v) is 1.69. The van der Waals surface area contributed by atoms with Crippen LogP contribution in [0.5, 0.6) is 0 Å². The molecule has 0 unspecified atom stereocenters. The highest BCUT2D eigenvalue weighted by Gasteiger charge is 2.22. The molecule has 0 amide bonds. The third-order valence-corrected chi connectivity index (χ3v) is 3.08. The first-order valence-electron chi connectivity index (χ1n) is 5.69. The average molecular weight is 230 g/mol. The molecule has 0 aliphatic heterocycles. The lowest BCUT2D eigenvalue weighted by Crippen LogP contribution is -2.35. The number of hydrogen-bond donors (Lipinski definition) is 1. The zero-order valence-electron chi connectivity index (χ0n) is 10.7. The van der Waals surface area contributed by atoms with Crippen molar-refractivity contribution < 1.29 is 0 Å². The molecule has 0 saturated carbocycles. The van der Waals surface area contributed by atoms with Gasteiger partial charge >= 0.3 is 0 Å². The van der Waals surface area contributed by atoms with Crippen LogP contribution in [0.3, 0.4) is 0 Å². The standard InChI is InChI=1S/C13H18N4/c1-10-5-6-11(7-16-10)17-9-15-8-12(17)13(2,3)14-4/h5-9,14H,1-4H3. The average Bonchev–Trinajstić information content (AvgIpc) is 2.80. The number of pyridine rings is 1. The molecule has 0 bridgehead atoms. The molecule has 0 fully saturated rings. The number of rotatable bonds is 3. The van der Waals surface area contributed by atoms with Crippen molar-refractivity contribution in [2.24, 2.45) is 0 Å². The van der Waals surface area contributed by atoms with Gasteiger partial charge in [-0.3, -0.25) is 9.55 Å². The van der Waals surface area contributed by atoms with Crippen molar-refractivity contribution in [1.29, 1.82) is 0 Å². The number of hydrogen-bond acceptors (Lipinski definition) is 3. The highest BCUT2D eigenvalue weighted by Crippen LogP contribution is 2.22. The lowest BCUT2D eigenvalue weighted by molar-refractivity contribution is 0.424. The first kappa shape index (κ1) is 11.8. The maximum atomic E-state index is 4.32. The van der Waals surface area contributed by atoms with Gasteiger partial charge in [-0.1, -0.05) is 0 Å². The van der Waals surface area contributed by atoms with E-state index in [-0.39, 0.29) is 5.54 Å². The quantitative estimate of drug-likeness (QED) is 0.877. The molecule has 0 aliphatic rings. The summed E-state index contributed by atoms with van der Waals surface area (Å²) in [5.41, 5.74) is 3.04. The summed E-state index contributed by atoms with van der Waals surface area (Å²) >= 11 is 0. The first-order valence-corrected chi connectivity index (χ1v) is 5.69.